The van der Waals surface area contributed by atoms with Gasteiger partial charge in [0.05, 0.1) is 26.4 Å². The molecule has 12 nitrogen and oxygen atoms in total. The van der Waals surface area contributed by atoms with Crippen molar-refractivity contribution in [3.05, 3.63) is 0 Å². The molecule has 0 amide bonds. The van der Waals surface area contributed by atoms with E-state index in [-0.39, 0.29) is 17.9 Å². The fraction of sp³-hybridized carbons (Fsp3) is 0.889. The molecular formula is C36H78O12. The first kappa shape index (κ1) is 61.0. The summed E-state index contributed by atoms with van der Waals surface area (Å²) in [4.78, 5) is 41.2. The van der Waals surface area contributed by atoms with Gasteiger partial charge in [-0.25, -0.2) is 4.79 Å². The lowest BCUT2D eigenvalue weighted by atomic mass is 10.2. The molecule has 0 radical (unpaired) electrons. The number of unbranched alkanes of at least 4 members (excludes halogenated alkanes) is 3. The quantitative estimate of drug-likeness (QED) is 0.0787. The SMILES string of the molecule is CC(C)CCO.CC(C)CO.CCCC(=O)OCC.CCCCCC(=O)OCC.CCCCO.CCOC(=O)C(C)O.CCOC(C)=O. The van der Waals surface area contributed by atoms with Crippen molar-refractivity contribution >= 4 is 23.9 Å². The average molecular weight is 703 g/mol. The molecule has 4 N–H and O–H groups in total. The van der Waals surface area contributed by atoms with Crippen molar-refractivity contribution in [1.82, 2.24) is 0 Å². The first-order chi connectivity index (χ1) is 22.5. The summed E-state index contributed by atoms with van der Waals surface area (Å²) in [5.74, 6) is 0.168. The van der Waals surface area contributed by atoms with Crippen LogP contribution in [0.15, 0.2) is 0 Å². The van der Waals surface area contributed by atoms with Crippen molar-refractivity contribution in [1.29, 1.82) is 0 Å². The van der Waals surface area contributed by atoms with Gasteiger partial charge in [-0.1, -0.05) is 67.7 Å². The third-order valence-corrected chi connectivity index (χ3v) is 4.61. The van der Waals surface area contributed by atoms with Crippen molar-refractivity contribution in [2.24, 2.45) is 11.8 Å². The van der Waals surface area contributed by atoms with Gasteiger partial charge in [-0.2, -0.15) is 0 Å². The van der Waals surface area contributed by atoms with Crippen LogP contribution >= 0.6 is 0 Å². The number of rotatable bonds is 16. The number of ether oxygens (including phenoxy) is 4. The molecule has 1 atom stereocenters. The van der Waals surface area contributed by atoms with E-state index in [1.807, 2.05) is 34.6 Å². The van der Waals surface area contributed by atoms with Crippen molar-refractivity contribution in [3.63, 3.8) is 0 Å². The molecule has 48 heavy (non-hydrogen) atoms. The molecule has 0 bridgehead atoms. The minimum atomic E-state index is -0.991. The highest BCUT2D eigenvalue weighted by Gasteiger charge is 2.07. The van der Waals surface area contributed by atoms with Crippen LogP contribution in [0.5, 0.6) is 0 Å². The molecule has 294 valence electrons. The second-order valence-corrected chi connectivity index (χ2v) is 10.7. The van der Waals surface area contributed by atoms with Gasteiger partial charge in [-0.3, -0.25) is 14.4 Å². The number of hydrogen-bond acceptors (Lipinski definition) is 12. The van der Waals surface area contributed by atoms with E-state index in [4.69, 9.17) is 25.2 Å². The summed E-state index contributed by atoms with van der Waals surface area (Å²) >= 11 is 0. The van der Waals surface area contributed by atoms with Gasteiger partial charge < -0.3 is 39.4 Å². The summed E-state index contributed by atoms with van der Waals surface area (Å²) in [5.41, 5.74) is 0. The van der Waals surface area contributed by atoms with Crippen LogP contribution in [0, 0.1) is 11.8 Å². The topological polar surface area (TPSA) is 186 Å². The fourth-order valence-corrected chi connectivity index (χ4v) is 2.07. The number of aliphatic hydroxyl groups excluding tert-OH is 4. The van der Waals surface area contributed by atoms with Crippen molar-refractivity contribution in [3.8, 4) is 0 Å². The highest BCUT2D eigenvalue weighted by molar-refractivity contribution is 5.73. The Hall–Kier alpha value is -2.28. The van der Waals surface area contributed by atoms with E-state index in [2.05, 4.69) is 41.9 Å². The van der Waals surface area contributed by atoms with E-state index in [1.54, 1.807) is 13.8 Å². The Morgan fingerprint density at radius 2 is 0.958 bits per heavy atom. The maximum Gasteiger partial charge on any atom is 0.334 e. The highest BCUT2D eigenvalue weighted by atomic mass is 16.5. The van der Waals surface area contributed by atoms with Crippen LogP contribution in [0.1, 0.15) is 148 Å². The smallest absolute Gasteiger partial charge is 0.334 e. The van der Waals surface area contributed by atoms with Gasteiger partial charge in [-0.05, 0) is 72.1 Å². The zero-order valence-electron chi connectivity index (χ0n) is 33.1. The van der Waals surface area contributed by atoms with Gasteiger partial charge in [0.15, 0.2) is 0 Å². The third-order valence-electron chi connectivity index (χ3n) is 4.61. The average Bonchev–Trinajstić information content (AvgIpc) is 3.00. The van der Waals surface area contributed by atoms with Crippen molar-refractivity contribution in [2.45, 2.75) is 154 Å². The van der Waals surface area contributed by atoms with E-state index in [0.717, 1.165) is 44.9 Å². The van der Waals surface area contributed by atoms with Crippen LogP contribution in [0.25, 0.3) is 0 Å². The monoisotopic (exact) mass is 703 g/mol. The summed E-state index contributed by atoms with van der Waals surface area (Å²) in [6, 6.07) is 0. The second kappa shape index (κ2) is 57.0. The van der Waals surface area contributed by atoms with E-state index >= 15 is 0 Å². The summed E-state index contributed by atoms with van der Waals surface area (Å²) in [5, 5.41) is 32.9. The van der Waals surface area contributed by atoms with E-state index in [0.29, 0.717) is 70.9 Å². The molecule has 0 saturated heterocycles. The van der Waals surface area contributed by atoms with Crippen LogP contribution < -0.4 is 0 Å². The lowest BCUT2D eigenvalue weighted by molar-refractivity contribution is -0.152. The van der Waals surface area contributed by atoms with Crippen LogP contribution in [0.2, 0.25) is 0 Å². The summed E-state index contributed by atoms with van der Waals surface area (Å²) in [6.45, 7) is 26.9. The second-order valence-electron chi connectivity index (χ2n) is 10.7. The van der Waals surface area contributed by atoms with Gasteiger partial charge in [0.1, 0.15) is 6.10 Å². The first-order valence-corrected chi connectivity index (χ1v) is 17.6. The minimum absolute atomic E-state index is 0.0593. The Kier molecular flexibility index (Phi) is 72.4. The molecule has 0 spiro atoms. The van der Waals surface area contributed by atoms with E-state index in [1.165, 1.54) is 13.8 Å². The van der Waals surface area contributed by atoms with Gasteiger partial charge >= 0.3 is 23.9 Å². The number of carbonyl (C=O) groups excluding carboxylic acids is 4. The predicted octanol–water partition coefficient (Wildman–Crippen LogP) is 6.42. The highest BCUT2D eigenvalue weighted by Crippen LogP contribution is 1.99. The van der Waals surface area contributed by atoms with Gasteiger partial charge in [0, 0.05) is 39.6 Å². The molecule has 0 saturated carbocycles. The Morgan fingerprint density at radius 1 is 0.542 bits per heavy atom. The molecular weight excluding hydrogens is 624 g/mol. The minimum Gasteiger partial charge on any atom is -0.466 e. The molecule has 0 aromatic heterocycles. The Balaban J connectivity index is -0.0000000829. The maximum atomic E-state index is 10.7. The molecule has 0 aromatic carbocycles. The molecule has 0 aromatic rings. The maximum absolute atomic E-state index is 10.7. The number of carbonyl (C=O) groups is 4. The molecule has 0 rings (SSSR count). The van der Waals surface area contributed by atoms with Crippen molar-refractivity contribution in [2.75, 3.05) is 46.2 Å². The summed E-state index contributed by atoms with van der Waals surface area (Å²) in [6.07, 6.45) is 7.23. The van der Waals surface area contributed by atoms with E-state index < -0.39 is 12.1 Å². The normalized spacial score (nSPS) is 9.65. The van der Waals surface area contributed by atoms with Crippen LogP contribution in [0.3, 0.4) is 0 Å². The van der Waals surface area contributed by atoms with Gasteiger partial charge in [0.25, 0.3) is 0 Å². The number of aliphatic hydroxyl groups is 4. The number of hydrogen-bond donors (Lipinski definition) is 4. The van der Waals surface area contributed by atoms with Crippen LogP contribution in [-0.2, 0) is 38.1 Å². The van der Waals surface area contributed by atoms with Crippen LogP contribution in [-0.4, -0.2) is 96.7 Å². The molecule has 0 aliphatic heterocycles. The molecule has 0 aliphatic rings. The predicted molar refractivity (Wildman–Crippen MR) is 193 cm³/mol. The molecule has 0 heterocycles. The Bertz CT molecular complexity index is 614. The fourth-order valence-electron chi connectivity index (χ4n) is 2.07. The van der Waals surface area contributed by atoms with Gasteiger partial charge in [-0.15, -0.1) is 0 Å². The zero-order valence-corrected chi connectivity index (χ0v) is 33.1. The molecule has 0 fully saturated rings. The first-order valence-electron chi connectivity index (χ1n) is 17.6. The third kappa shape index (κ3) is 96.7. The zero-order chi connectivity index (χ0) is 39.2. The van der Waals surface area contributed by atoms with Crippen LogP contribution in [0.4, 0.5) is 0 Å². The Morgan fingerprint density at radius 3 is 1.12 bits per heavy atom. The lowest BCUT2D eigenvalue weighted by Gasteiger charge is -2.01. The Labute approximate surface area is 294 Å². The summed E-state index contributed by atoms with van der Waals surface area (Å²) in [7, 11) is 0. The lowest BCUT2D eigenvalue weighted by Crippen LogP contribution is -2.18. The summed E-state index contributed by atoms with van der Waals surface area (Å²) < 4.78 is 18.2. The van der Waals surface area contributed by atoms with Crippen molar-refractivity contribution < 1.29 is 58.6 Å². The largest absolute Gasteiger partial charge is 0.466 e. The number of esters is 4. The molecule has 12 heteroatoms. The molecule has 1 unspecified atom stereocenters. The standard InChI is InChI=1S/C8H16O2.C6H12O2.C5H10O3.C5H12O.C4H8O2.2C4H10O/c1-3-5-6-7-8(9)10-4-2;1-3-5-6(7)8-4-2;1-3-8-5(7)4(2)6;1-5(2)3-4-6;1-3-6-4(2)5;1-4(2)3-5;1-2-3-4-5/h3-7H2,1-2H3;3-5H2,1-2H3;4,6H,3H2,1-2H3;5-6H,3-4H2,1-2H3;3H2,1-2H3;4-5H,3H2,1-2H3;5H,2-4H2,1H3. The van der Waals surface area contributed by atoms with Gasteiger partial charge in [0.2, 0.25) is 0 Å². The molecule has 0 aliphatic carbocycles. The van der Waals surface area contributed by atoms with E-state index in [9.17, 15) is 19.2 Å².